The SMILES string of the molecule is CNC(C)Cc1cc(F)c2ccoc2c1. The van der Waals surface area contributed by atoms with Crippen molar-refractivity contribution >= 4 is 11.0 Å². The molecule has 1 unspecified atom stereocenters. The average molecular weight is 207 g/mol. The summed E-state index contributed by atoms with van der Waals surface area (Å²) in [6.45, 7) is 2.06. The van der Waals surface area contributed by atoms with Crippen LogP contribution in [0.2, 0.25) is 0 Å². The van der Waals surface area contributed by atoms with E-state index in [9.17, 15) is 4.39 Å². The molecule has 2 aromatic rings. The van der Waals surface area contributed by atoms with Crippen LogP contribution in [0.1, 0.15) is 12.5 Å². The fourth-order valence-corrected chi connectivity index (χ4v) is 1.65. The molecule has 0 aliphatic heterocycles. The van der Waals surface area contributed by atoms with Crippen LogP contribution in [0.4, 0.5) is 4.39 Å². The number of benzene rings is 1. The molecule has 80 valence electrons. The second-order valence-corrected chi connectivity index (χ2v) is 3.80. The van der Waals surface area contributed by atoms with Crippen LogP contribution >= 0.6 is 0 Å². The van der Waals surface area contributed by atoms with E-state index < -0.39 is 0 Å². The molecule has 1 aromatic heterocycles. The van der Waals surface area contributed by atoms with Gasteiger partial charge in [0.25, 0.3) is 0 Å². The smallest absolute Gasteiger partial charge is 0.137 e. The molecular formula is C12H14FNO. The van der Waals surface area contributed by atoms with Crippen molar-refractivity contribution in [3.8, 4) is 0 Å². The first-order valence-corrected chi connectivity index (χ1v) is 5.03. The number of hydrogen-bond acceptors (Lipinski definition) is 2. The molecule has 0 saturated carbocycles. The number of nitrogens with one attached hydrogen (secondary N) is 1. The van der Waals surface area contributed by atoms with Crippen molar-refractivity contribution in [2.75, 3.05) is 7.05 Å². The highest BCUT2D eigenvalue weighted by Crippen LogP contribution is 2.21. The van der Waals surface area contributed by atoms with Crippen LogP contribution in [-0.4, -0.2) is 13.1 Å². The fraction of sp³-hybridized carbons (Fsp3) is 0.333. The van der Waals surface area contributed by atoms with Crippen molar-refractivity contribution in [2.24, 2.45) is 0 Å². The van der Waals surface area contributed by atoms with Crippen molar-refractivity contribution in [3.63, 3.8) is 0 Å². The number of hydrogen-bond donors (Lipinski definition) is 1. The average Bonchev–Trinajstić information content (AvgIpc) is 2.66. The maximum Gasteiger partial charge on any atom is 0.137 e. The minimum atomic E-state index is -0.209. The highest BCUT2D eigenvalue weighted by atomic mass is 19.1. The Morgan fingerprint density at radius 1 is 1.47 bits per heavy atom. The Labute approximate surface area is 88.1 Å². The van der Waals surface area contributed by atoms with Gasteiger partial charge >= 0.3 is 0 Å². The molecule has 0 bridgehead atoms. The molecule has 2 rings (SSSR count). The maximum atomic E-state index is 13.6. The quantitative estimate of drug-likeness (QED) is 0.837. The summed E-state index contributed by atoms with van der Waals surface area (Å²) in [5.74, 6) is -0.209. The third-order valence-corrected chi connectivity index (χ3v) is 2.62. The third kappa shape index (κ3) is 2.02. The summed E-state index contributed by atoms with van der Waals surface area (Å²) in [6, 6.07) is 5.45. The van der Waals surface area contributed by atoms with Gasteiger partial charge in [0.15, 0.2) is 0 Å². The summed E-state index contributed by atoms with van der Waals surface area (Å²) in [4.78, 5) is 0. The van der Waals surface area contributed by atoms with Gasteiger partial charge in [-0.25, -0.2) is 4.39 Å². The second kappa shape index (κ2) is 4.03. The number of likely N-dealkylation sites (N-methyl/N-ethyl adjacent to an activating group) is 1. The summed E-state index contributed by atoms with van der Waals surface area (Å²) in [7, 11) is 1.90. The summed E-state index contributed by atoms with van der Waals surface area (Å²) in [6.07, 6.45) is 2.31. The number of fused-ring (bicyclic) bond motifs is 1. The summed E-state index contributed by atoms with van der Waals surface area (Å²) < 4.78 is 18.7. The molecule has 0 aliphatic carbocycles. The van der Waals surface area contributed by atoms with E-state index in [0.29, 0.717) is 17.0 Å². The van der Waals surface area contributed by atoms with Crippen LogP contribution in [-0.2, 0) is 6.42 Å². The first kappa shape index (κ1) is 10.2. The Morgan fingerprint density at radius 2 is 2.27 bits per heavy atom. The summed E-state index contributed by atoms with van der Waals surface area (Å²) in [5, 5.41) is 3.67. The molecule has 0 saturated heterocycles. The van der Waals surface area contributed by atoms with Gasteiger partial charge in [0.1, 0.15) is 11.4 Å². The Kier molecular flexibility index (Phi) is 2.73. The highest BCUT2D eigenvalue weighted by Gasteiger charge is 2.08. The van der Waals surface area contributed by atoms with E-state index in [1.165, 1.54) is 6.26 Å². The summed E-state index contributed by atoms with van der Waals surface area (Å²) >= 11 is 0. The van der Waals surface area contributed by atoms with Crippen LogP contribution < -0.4 is 5.32 Å². The second-order valence-electron chi connectivity index (χ2n) is 3.80. The Hall–Kier alpha value is -1.35. The molecule has 1 N–H and O–H groups in total. The molecule has 0 spiro atoms. The van der Waals surface area contributed by atoms with E-state index in [2.05, 4.69) is 12.2 Å². The summed E-state index contributed by atoms with van der Waals surface area (Å²) in [5.41, 5.74) is 1.57. The number of halogens is 1. The first-order chi connectivity index (χ1) is 7.20. The third-order valence-electron chi connectivity index (χ3n) is 2.62. The van der Waals surface area contributed by atoms with Gasteiger partial charge in [-0.1, -0.05) is 0 Å². The lowest BCUT2D eigenvalue weighted by Gasteiger charge is -2.09. The first-order valence-electron chi connectivity index (χ1n) is 5.03. The predicted molar refractivity (Wildman–Crippen MR) is 58.4 cm³/mol. The minimum Gasteiger partial charge on any atom is -0.464 e. The standard InChI is InChI=1S/C12H14FNO/c1-8(14-2)5-9-6-11(13)10-3-4-15-12(10)7-9/h3-4,6-8,14H,5H2,1-2H3. The van der Waals surface area contributed by atoms with E-state index >= 15 is 0 Å². The normalized spacial score (nSPS) is 13.3. The van der Waals surface area contributed by atoms with Crippen LogP contribution in [0.25, 0.3) is 11.0 Å². The molecule has 3 heteroatoms. The molecule has 0 aliphatic rings. The van der Waals surface area contributed by atoms with E-state index in [4.69, 9.17) is 4.42 Å². The lowest BCUT2D eigenvalue weighted by molar-refractivity contribution is 0.592. The molecule has 1 atom stereocenters. The number of furan rings is 1. The van der Waals surface area contributed by atoms with Gasteiger partial charge in [0.2, 0.25) is 0 Å². The molecule has 2 nitrogen and oxygen atoms in total. The van der Waals surface area contributed by atoms with Crippen LogP contribution in [0, 0.1) is 5.82 Å². The maximum absolute atomic E-state index is 13.6. The van der Waals surface area contributed by atoms with E-state index in [-0.39, 0.29) is 5.82 Å². The zero-order chi connectivity index (χ0) is 10.8. The van der Waals surface area contributed by atoms with Crippen LogP contribution in [0.5, 0.6) is 0 Å². The largest absolute Gasteiger partial charge is 0.464 e. The zero-order valence-corrected chi connectivity index (χ0v) is 8.88. The Bertz CT molecular complexity index is 464. The van der Waals surface area contributed by atoms with Gasteiger partial charge in [0, 0.05) is 6.04 Å². The molecule has 0 amide bonds. The lowest BCUT2D eigenvalue weighted by Crippen LogP contribution is -2.23. The van der Waals surface area contributed by atoms with Gasteiger partial charge in [-0.05, 0) is 44.2 Å². The van der Waals surface area contributed by atoms with E-state index in [1.807, 2.05) is 13.1 Å². The van der Waals surface area contributed by atoms with Crippen molar-refractivity contribution in [3.05, 3.63) is 35.8 Å². The monoisotopic (exact) mass is 207 g/mol. The Morgan fingerprint density at radius 3 is 3.00 bits per heavy atom. The van der Waals surface area contributed by atoms with Gasteiger partial charge in [-0.2, -0.15) is 0 Å². The topological polar surface area (TPSA) is 25.2 Å². The lowest BCUT2D eigenvalue weighted by atomic mass is 10.1. The van der Waals surface area contributed by atoms with Crippen molar-refractivity contribution in [2.45, 2.75) is 19.4 Å². The molecule has 1 heterocycles. The minimum absolute atomic E-state index is 0.209. The van der Waals surface area contributed by atoms with Gasteiger partial charge in [-0.15, -0.1) is 0 Å². The van der Waals surface area contributed by atoms with Crippen LogP contribution in [0.3, 0.4) is 0 Å². The zero-order valence-electron chi connectivity index (χ0n) is 8.88. The van der Waals surface area contributed by atoms with E-state index in [0.717, 1.165) is 12.0 Å². The highest BCUT2D eigenvalue weighted by molar-refractivity contribution is 5.78. The number of rotatable bonds is 3. The van der Waals surface area contributed by atoms with Crippen molar-refractivity contribution < 1.29 is 8.81 Å². The van der Waals surface area contributed by atoms with E-state index in [1.54, 1.807) is 12.1 Å². The fourth-order valence-electron chi connectivity index (χ4n) is 1.65. The van der Waals surface area contributed by atoms with Gasteiger partial charge < -0.3 is 9.73 Å². The van der Waals surface area contributed by atoms with Crippen molar-refractivity contribution in [1.82, 2.24) is 5.32 Å². The Balaban J connectivity index is 2.36. The van der Waals surface area contributed by atoms with Gasteiger partial charge in [-0.3, -0.25) is 0 Å². The molecule has 15 heavy (non-hydrogen) atoms. The molecule has 1 aromatic carbocycles. The van der Waals surface area contributed by atoms with Crippen LogP contribution in [0.15, 0.2) is 28.9 Å². The molecule has 0 radical (unpaired) electrons. The predicted octanol–water partition coefficient (Wildman–Crippen LogP) is 2.72. The van der Waals surface area contributed by atoms with Gasteiger partial charge in [0.05, 0.1) is 11.6 Å². The van der Waals surface area contributed by atoms with Crippen molar-refractivity contribution in [1.29, 1.82) is 0 Å². The molecular weight excluding hydrogens is 193 g/mol. The molecule has 0 fully saturated rings.